The third-order valence-corrected chi connectivity index (χ3v) is 6.05. The topological polar surface area (TPSA) is 65.3 Å². The van der Waals surface area contributed by atoms with Crippen LogP contribution in [0, 0.1) is 0 Å². The second-order valence-corrected chi connectivity index (χ2v) is 7.91. The highest BCUT2D eigenvalue weighted by Gasteiger charge is 2.29. The quantitative estimate of drug-likeness (QED) is 0.670. The van der Waals surface area contributed by atoms with Gasteiger partial charge in [0.25, 0.3) is 11.8 Å². The molecule has 1 heterocycles. The monoisotopic (exact) mass is 396 g/mol. The number of likely N-dealkylation sites (N-methyl/N-ethyl adjacent to an activating group) is 2. The zero-order valence-corrected chi connectivity index (χ0v) is 17.9. The fourth-order valence-electron chi connectivity index (χ4n) is 4.16. The van der Waals surface area contributed by atoms with Gasteiger partial charge in [-0.15, -0.1) is 5.11 Å². The molecule has 2 amide bonds. The molecule has 1 atom stereocenters. The summed E-state index contributed by atoms with van der Waals surface area (Å²) in [6.07, 6.45) is 4.58. The van der Waals surface area contributed by atoms with Gasteiger partial charge in [-0.1, -0.05) is 26.0 Å². The summed E-state index contributed by atoms with van der Waals surface area (Å²) in [4.78, 5) is 29.0. The van der Waals surface area contributed by atoms with Crippen molar-refractivity contribution in [3.8, 4) is 0 Å². The summed E-state index contributed by atoms with van der Waals surface area (Å²) in [5.74, 6) is -0.119. The molecule has 0 N–H and O–H groups in total. The first-order valence-electron chi connectivity index (χ1n) is 10.8. The average molecular weight is 397 g/mol. The third-order valence-electron chi connectivity index (χ3n) is 6.05. The molecule has 0 saturated heterocycles. The maximum Gasteiger partial charge on any atom is 0.291 e. The smallest absolute Gasteiger partial charge is 0.291 e. The van der Waals surface area contributed by atoms with Gasteiger partial charge in [-0.25, -0.2) is 0 Å². The second-order valence-electron chi connectivity index (χ2n) is 7.91. The summed E-state index contributed by atoms with van der Waals surface area (Å²) in [5.41, 5.74) is 3.79. The van der Waals surface area contributed by atoms with E-state index in [1.54, 1.807) is 4.90 Å². The summed E-state index contributed by atoms with van der Waals surface area (Å²) in [7, 11) is 1.86. The van der Waals surface area contributed by atoms with Gasteiger partial charge >= 0.3 is 0 Å². The molecule has 0 bridgehead atoms. The SMILES string of the molecule is CCN(CC)CCN(C)C(=O)c1cccc(CC2N=NC(=O)C3=C2CCCC3)c1. The number of benzene rings is 1. The molecule has 1 aromatic rings. The molecule has 0 spiro atoms. The lowest BCUT2D eigenvalue weighted by atomic mass is 9.84. The minimum Gasteiger partial charge on any atom is -0.340 e. The van der Waals surface area contributed by atoms with Crippen LogP contribution in [-0.4, -0.2) is 60.9 Å². The Bertz CT molecular complexity index is 811. The van der Waals surface area contributed by atoms with E-state index in [1.165, 1.54) is 0 Å². The van der Waals surface area contributed by atoms with Gasteiger partial charge in [0.2, 0.25) is 0 Å². The first kappa shape index (κ1) is 21.4. The van der Waals surface area contributed by atoms with Crippen LogP contribution < -0.4 is 0 Å². The zero-order chi connectivity index (χ0) is 20.8. The van der Waals surface area contributed by atoms with E-state index in [2.05, 4.69) is 29.0 Å². The number of rotatable bonds is 8. The van der Waals surface area contributed by atoms with Crippen LogP contribution in [0.5, 0.6) is 0 Å². The van der Waals surface area contributed by atoms with Gasteiger partial charge in [0, 0.05) is 37.7 Å². The van der Waals surface area contributed by atoms with Crippen LogP contribution in [0.15, 0.2) is 45.6 Å². The molecule has 6 heteroatoms. The van der Waals surface area contributed by atoms with Crippen molar-refractivity contribution in [1.29, 1.82) is 0 Å². The molecule has 3 rings (SSSR count). The van der Waals surface area contributed by atoms with Crippen molar-refractivity contribution in [2.24, 2.45) is 10.2 Å². The predicted octanol–water partition coefficient (Wildman–Crippen LogP) is 3.87. The molecule has 0 saturated carbocycles. The minimum atomic E-state index is -0.158. The van der Waals surface area contributed by atoms with Crippen molar-refractivity contribution in [1.82, 2.24) is 9.80 Å². The maximum atomic E-state index is 12.9. The fraction of sp³-hybridized carbons (Fsp3) is 0.565. The molecule has 0 fully saturated rings. The Morgan fingerprint density at radius 1 is 1.14 bits per heavy atom. The Kier molecular flexibility index (Phi) is 7.31. The summed E-state index contributed by atoms with van der Waals surface area (Å²) < 4.78 is 0. The number of hydrogen-bond acceptors (Lipinski definition) is 4. The van der Waals surface area contributed by atoms with Crippen molar-refractivity contribution in [3.63, 3.8) is 0 Å². The lowest BCUT2D eigenvalue weighted by Crippen LogP contribution is -2.36. The predicted molar refractivity (Wildman–Crippen MR) is 114 cm³/mol. The van der Waals surface area contributed by atoms with E-state index < -0.39 is 0 Å². The van der Waals surface area contributed by atoms with Gasteiger partial charge < -0.3 is 9.80 Å². The van der Waals surface area contributed by atoms with Crippen molar-refractivity contribution < 1.29 is 9.59 Å². The van der Waals surface area contributed by atoms with Crippen LogP contribution in [0.1, 0.15) is 55.5 Å². The van der Waals surface area contributed by atoms with Crippen LogP contribution in [0.25, 0.3) is 0 Å². The number of carbonyl (C=O) groups excluding carboxylic acids is 2. The largest absolute Gasteiger partial charge is 0.340 e. The van der Waals surface area contributed by atoms with Gasteiger partial charge in [-0.2, -0.15) is 5.11 Å². The summed E-state index contributed by atoms with van der Waals surface area (Å²) in [6.45, 7) is 7.84. The molecule has 1 aromatic carbocycles. The second kappa shape index (κ2) is 9.92. The van der Waals surface area contributed by atoms with Crippen LogP contribution in [0.3, 0.4) is 0 Å². The molecule has 1 aliphatic heterocycles. The highest BCUT2D eigenvalue weighted by Crippen LogP contribution is 2.33. The molecule has 1 aliphatic carbocycles. The van der Waals surface area contributed by atoms with Crippen molar-refractivity contribution in [2.45, 2.75) is 52.0 Å². The average Bonchev–Trinajstić information content (AvgIpc) is 2.76. The molecular formula is C23H32N4O2. The van der Waals surface area contributed by atoms with Gasteiger partial charge in [0.1, 0.15) is 0 Å². The Morgan fingerprint density at radius 2 is 1.90 bits per heavy atom. The van der Waals surface area contributed by atoms with Crippen LogP contribution in [0.4, 0.5) is 0 Å². The molecule has 156 valence electrons. The van der Waals surface area contributed by atoms with Crippen LogP contribution in [0.2, 0.25) is 0 Å². The van der Waals surface area contributed by atoms with Gasteiger partial charge in [-0.3, -0.25) is 9.59 Å². The highest BCUT2D eigenvalue weighted by atomic mass is 16.2. The number of hydrogen-bond donors (Lipinski definition) is 0. The Morgan fingerprint density at radius 3 is 2.66 bits per heavy atom. The molecule has 0 aromatic heterocycles. The van der Waals surface area contributed by atoms with E-state index in [4.69, 9.17) is 0 Å². The fourth-order valence-corrected chi connectivity index (χ4v) is 4.16. The molecule has 29 heavy (non-hydrogen) atoms. The number of azo groups is 1. The lowest BCUT2D eigenvalue weighted by molar-refractivity contribution is -0.115. The normalized spacial score (nSPS) is 18.9. The van der Waals surface area contributed by atoms with Crippen molar-refractivity contribution >= 4 is 11.8 Å². The third kappa shape index (κ3) is 5.18. The van der Waals surface area contributed by atoms with Crippen LogP contribution >= 0.6 is 0 Å². The Hall–Kier alpha value is -2.34. The molecule has 0 radical (unpaired) electrons. The number of amides is 2. The van der Waals surface area contributed by atoms with E-state index in [1.807, 2.05) is 31.3 Å². The van der Waals surface area contributed by atoms with E-state index in [0.717, 1.165) is 62.0 Å². The van der Waals surface area contributed by atoms with E-state index in [0.29, 0.717) is 18.5 Å². The van der Waals surface area contributed by atoms with E-state index in [9.17, 15) is 9.59 Å². The highest BCUT2D eigenvalue weighted by molar-refractivity contribution is 5.96. The first-order chi connectivity index (χ1) is 14.0. The first-order valence-corrected chi connectivity index (χ1v) is 10.8. The van der Waals surface area contributed by atoms with Gasteiger partial charge in [0.15, 0.2) is 0 Å². The molecule has 2 aliphatic rings. The lowest BCUT2D eigenvalue weighted by Gasteiger charge is -2.26. The van der Waals surface area contributed by atoms with Crippen LogP contribution in [-0.2, 0) is 11.2 Å². The Balaban J connectivity index is 1.68. The molecule has 6 nitrogen and oxygen atoms in total. The van der Waals surface area contributed by atoms with E-state index >= 15 is 0 Å². The zero-order valence-electron chi connectivity index (χ0n) is 17.9. The maximum absolute atomic E-state index is 12.9. The number of nitrogens with zero attached hydrogens (tertiary/aromatic N) is 4. The molecule has 1 unspecified atom stereocenters. The minimum absolute atomic E-state index is 0.0389. The van der Waals surface area contributed by atoms with E-state index in [-0.39, 0.29) is 17.9 Å². The van der Waals surface area contributed by atoms with Crippen molar-refractivity contribution in [2.75, 3.05) is 33.2 Å². The number of carbonyl (C=O) groups is 2. The van der Waals surface area contributed by atoms with Gasteiger partial charge in [-0.05, 0) is 62.0 Å². The summed E-state index contributed by atoms with van der Waals surface area (Å²) in [5, 5.41) is 8.17. The summed E-state index contributed by atoms with van der Waals surface area (Å²) >= 11 is 0. The standard InChI is InChI=1S/C23H32N4O2/c1-4-27(5-2)14-13-26(3)23(29)18-10-8-9-17(15-18)16-21-19-11-6-7-12-20(19)22(28)25-24-21/h8-10,15,21H,4-7,11-14,16H2,1-3H3. The van der Waals surface area contributed by atoms with Gasteiger partial charge in [0.05, 0.1) is 6.04 Å². The van der Waals surface area contributed by atoms with Crippen molar-refractivity contribution in [3.05, 3.63) is 46.5 Å². The summed E-state index contributed by atoms with van der Waals surface area (Å²) in [6, 6.07) is 7.72. The molecular weight excluding hydrogens is 364 g/mol. The Labute approximate surface area is 173 Å².